The van der Waals surface area contributed by atoms with Crippen LogP contribution in [0.2, 0.25) is 0 Å². The predicted octanol–water partition coefficient (Wildman–Crippen LogP) is 2.34. The van der Waals surface area contributed by atoms with E-state index in [4.69, 9.17) is 0 Å². The largest absolute Gasteiger partial charge is 0.339 e. The average molecular weight is 371 g/mol. The monoisotopic (exact) mass is 370 g/mol. The molecule has 0 aliphatic carbocycles. The lowest BCUT2D eigenvalue weighted by molar-refractivity contribution is -0.128. The van der Waals surface area contributed by atoms with Crippen LogP contribution in [0.3, 0.4) is 0 Å². The van der Waals surface area contributed by atoms with Crippen molar-refractivity contribution in [3.63, 3.8) is 0 Å². The molecule has 6 heteroatoms. The molecule has 2 rings (SSSR count). The molecule has 1 unspecified atom stereocenters. The van der Waals surface area contributed by atoms with Crippen LogP contribution in [0.25, 0.3) is 0 Å². The van der Waals surface area contributed by atoms with E-state index in [1.165, 1.54) is 12.7 Å². The summed E-state index contributed by atoms with van der Waals surface area (Å²) >= 11 is 0. The third kappa shape index (κ3) is 6.10. The van der Waals surface area contributed by atoms with Gasteiger partial charge in [-0.2, -0.15) is 0 Å². The second-order valence-electron chi connectivity index (χ2n) is 8.72. The first-order valence-corrected chi connectivity index (χ1v) is 11.4. The Labute approximate surface area is 153 Å². The number of nitrogens with zero attached hydrogens (tertiary/aromatic N) is 2. The van der Waals surface area contributed by atoms with Gasteiger partial charge in [-0.15, -0.1) is 0 Å². The van der Waals surface area contributed by atoms with Crippen molar-refractivity contribution in [3.8, 4) is 0 Å². The smallest absolute Gasteiger partial charge is 0.246 e. The highest BCUT2D eigenvalue weighted by molar-refractivity contribution is 7.91. The van der Waals surface area contributed by atoms with Crippen LogP contribution in [0.5, 0.6) is 0 Å². The fourth-order valence-corrected chi connectivity index (χ4v) is 4.88. The number of hydrogen-bond donors (Lipinski definition) is 0. The molecular formula is C19H34N2O3S. The number of hydrogen-bond acceptors (Lipinski definition) is 4. The van der Waals surface area contributed by atoms with Crippen molar-refractivity contribution in [2.24, 2.45) is 11.3 Å². The van der Waals surface area contributed by atoms with Crippen molar-refractivity contribution in [2.45, 2.75) is 51.7 Å². The summed E-state index contributed by atoms with van der Waals surface area (Å²) in [4.78, 5) is 16.6. The first-order chi connectivity index (χ1) is 11.6. The summed E-state index contributed by atoms with van der Waals surface area (Å²) in [6.45, 7) is 10.8. The van der Waals surface area contributed by atoms with Crippen LogP contribution >= 0.6 is 0 Å². The molecule has 0 N–H and O–H groups in total. The van der Waals surface area contributed by atoms with Crippen LogP contribution in [0.1, 0.15) is 46.5 Å². The number of carbonyl (C=O) groups is 1. The van der Waals surface area contributed by atoms with Gasteiger partial charge in [0.05, 0.1) is 5.25 Å². The Morgan fingerprint density at radius 3 is 2.32 bits per heavy atom. The van der Waals surface area contributed by atoms with E-state index in [0.29, 0.717) is 18.8 Å². The quantitative estimate of drug-likeness (QED) is 0.713. The van der Waals surface area contributed by atoms with Gasteiger partial charge >= 0.3 is 0 Å². The number of rotatable bonds is 4. The van der Waals surface area contributed by atoms with Gasteiger partial charge in [-0.25, -0.2) is 8.42 Å². The fraction of sp³-hybridized carbons (Fsp3) is 0.842. The van der Waals surface area contributed by atoms with Crippen molar-refractivity contribution in [1.29, 1.82) is 0 Å². The Hall–Kier alpha value is -0.880. The minimum absolute atomic E-state index is 0.111. The molecule has 25 heavy (non-hydrogen) atoms. The number of sulfone groups is 1. The van der Waals surface area contributed by atoms with Crippen LogP contribution in [0.15, 0.2) is 12.2 Å². The molecule has 2 fully saturated rings. The molecule has 2 aliphatic rings. The van der Waals surface area contributed by atoms with E-state index in [1.807, 2.05) is 11.0 Å². The summed E-state index contributed by atoms with van der Waals surface area (Å²) in [5, 5.41) is -0.197. The van der Waals surface area contributed by atoms with Gasteiger partial charge in [-0.05, 0) is 50.1 Å². The van der Waals surface area contributed by atoms with Gasteiger partial charge in [0.15, 0.2) is 0 Å². The number of likely N-dealkylation sites (tertiary alicyclic amines) is 2. The van der Waals surface area contributed by atoms with Crippen LogP contribution in [-0.2, 0) is 14.6 Å². The summed E-state index contributed by atoms with van der Waals surface area (Å²) in [5.74, 6) is 0.675. The van der Waals surface area contributed by atoms with Gasteiger partial charge in [0.2, 0.25) is 5.91 Å². The standard InChI is InChI=1S/C19H34N2O3S/c1-19(2,3)16-7-5-12-21(15-16)18(22)8-6-11-20-13-9-17(10-14-20)25(4,23)24/h6,8,16-17H,5,7,9-15H2,1-4H3/b8-6+. The number of amides is 1. The molecule has 2 saturated heterocycles. The number of carbonyl (C=O) groups excluding carboxylic acids is 1. The van der Waals surface area contributed by atoms with E-state index < -0.39 is 9.84 Å². The molecule has 144 valence electrons. The first-order valence-electron chi connectivity index (χ1n) is 9.44. The van der Waals surface area contributed by atoms with Gasteiger partial charge in [0.25, 0.3) is 0 Å². The van der Waals surface area contributed by atoms with Crippen molar-refractivity contribution in [1.82, 2.24) is 9.80 Å². The Kier molecular flexibility index (Phi) is 6.71. The van der Waals surface area contributed by atoms with E-state index in [9.17, 15) is 13.2 Å². The maximum Gasteiger partial charge on any atom is 0.246 e. The predicted molar refractivity (Wildman–Crippen MR) is 102 cm³/mol. The van der Waals surface area contributed by atoms with E-state index in [0.717, 1.165) is 39.1 Å². The zero-order valence-corrected chi connectivity index (χ0v) is 17.0. The van der Waals surface area contributed by atoms with E-state index in [-0.39, 0.29) is 16.6 Å². The lowest BCUT2D eigenvalue weighted by Crippen LogP contribution is -2.43. The second kappa shape index (κ2) is 8.21. The normalized spacial score (nSPS) is 24.8. The highest BCUT2D eigenvalue weighted by Crippen LogP contribution is 2.33. The molecule has 2 heterocycles. The summed E-state index contributed by atoms with van der Waals surface area (Å²) < 4.78 is 23.2. The van der Waals surface area contributed by atoms with Crippen molar-refractivity contribution >= 4 is 15.7 Å². The highest BCUT2D eigenvalue weighted by Gasteiger charge is 2.31. The summed E-state index contributed by atoms with van der Waals surface area (Å²) in [6.07, 6.45) is 8.64. The maximum absolute atomic E-state index is 12.4. The zero-order valence-electron chi connectivity index (χ0n) is 16.2. The zero-order chi connectivity index (χ0) is 18.7. The molecule has 0 aromatic carbocycles. The van der Waals surface area contributed by atoms with Crippen LogP contribution in [0.4, 0.5) is 0 Å². The summed E-state index contributed by atoms with van der Waals surface area (Å²) in [5.41, 5.74) is 0.243. The van der Waals surface area contributed by atoms with Gasteiger partial charge < -0.3 is 4.90 Å². The van der Waals surface area contributed by atoms with E-state index >= 15 is 0 Å². The Morgan fingerprint density at radius 1 is 1.12 bits per heavy atom. The Morgan fingerprint density at radius 2 is 1.76 bits per heavy atom. The first kappa shape index (κ1) is 20.4. The Balaban J connectivity index is 1.78. The van der Waals surface area contributed by atoms with Crippen molar-refractivity contribution in [2.75, 3.05) is 39.0 Å². The average Bonchev–Trinajstić information content (AvgIpc) is 2.54. The van der Waals surface area contributed by atoms with E-state index in [2.05, 4.69) is 25.7 Å². The fourth-order valence-electron chi connectivity index (χ4n) is 3.81. The lowest BCUT2D eigenvalue weighted by Gasteiger charge is -2.39. The molecule has 5 nitrogen and oxygen atoms in total. The minimum atomic E-state index is -2.92. The van der Waals surface area contributed by atoms with Crippen LogP contribution < -0.4 is 0 Å². The summed E-state index contributed by atoms with van der Waals surface area (Å²) in [7, 11) is -2.92. The third-order valence-corrected chi connectivity index (χ3v) is 7.40. The Bertz CT molecular complexity index is 584. The molecule has 0 spiro atoms. The second-order valence-corrected chi connectivity index (χ2v) is 11.0. The van der Waals surface area contributed by atoms with Gasteiger partial charge in [-0.3, -0.25) is 9.69 Å². The van der Waals surface area contributed by atoms with Crippen LogP contribution in [-0.4, -0.2) is 68.4 Å². The third-order valence-electron chi connectivity index (χ3n) is 5.72. The molecular weight excluding hydrogens is 336 g/mol. The molecule has 1 amide bonds. The molecule has 0 bridgehead atoms. The van der Waals surface area contributed by atoms with Crippen molar-refractivity contribution in [3.05, 3.63) is 12.2 Å². The summed E-state index contributed by atoms with van der Waals surface area (Å²) in [6, 6.07) is 0. The lowest BCUT2D eigenvalue weighted by atomic mass is 9.76. The molecule has 1 atom stereocenters. The molecule has 0 aromatic rings. The highest BCUT2D eigenvalue weighted by atomic mass is 32.2. The minimum Gasteiger partial charge on any atom is -0.339 e. The molecule has 0 saturated carbocycles. The SMILES string of the molecule is CC(C)(C)C1CCCN(C(=O)/C=C/CN2CCC(S(C)(=O)=O)CC2)C1. The van der Waals surface area contributed by atoms with Crippen molar-refractivity contribution < 1.29 is 13.2 Å². The molecule has 0 aromatic heterocycles. The van der Waals surface area contributed by atoms with Gasteiger partial charge in [0.1, 0.15) is 9.84 Å². The van der Waals surface area contributed by atoms with Crippen LogP contribution in [0, 0.1) is 11.3 Å². The maximum atomic E-state index is 12.4. The molecule has 0 radical (unpaired) electrons. The number of piperidine rings is 2. The van der Waals surface area contributed by atoms with E-state index in [1.54, 1.807) is 6.08 Å². The van der Waals surface area contributed by atoms with Gasteiger partial charge in [0, 0.05) is 32.0 Å². The van der Waals surface area contributed by atoms with Gasteiger partial charge in [-0.1, -0.05) is 26.8 Å². The molecule has 2 aliphatic heterocycles. The topological polar surface area (TPSA) is 57.7 Å².